The number of nitrogens with zero attached hydrogens (tertiary/aromatic N) is 2. The van der Waals surface area contributed by atoms with E-state index >= 15 is 0 Å². The molecule has 0 fully saturated rings. The van der Waals surface area contributed by atoms with Gasteiger partial charge in [-0.15, -0.1) is 0 Å². The molecule has 9 heteroatoms. The summed E-state index contributed by atoms with van der Waals surface area (Å²) in [7, 11) is 0. The van der Waals surface area contributed by atoms with Gasteiger partial charge in [-0.3, -0.25) is 4.79 Å². The highest BCUT2D eigenvalue weighted by atomic mass is 19.4. The second-order valence-electron chi connectivity index (χ2n) is 6.97. The van der Waals surface area contributed by atoms with Crippen LogP contribution in [0.2, 0.25) is 0 Å². The van der Waals surface area contributed by atoms with E-state index in [1.165, 1.54) is 0 Å². The van der Waals surface area contributed by atoms with E-state index < -0.39 is 17.6 Å². The fraction of sp³-hybridized carbons (Fsp3) is 0.227. The van der Waals surface area contributed by atoms with Crippen LogP contribution < -0.4 is 16.0 Å². The monoisotopic (exact) mass is 429 g/mol. The maximum absolute atomic E-state index is 12.6. The van der Waals surface area contributed by atoms with Crippen molar-refractivity contribution in [3.05, 3.63) is 77.0 Å². The average Bonchev–Trinajstić information content (AvgIpc) is 2.72. The molecule has 0 unspecified atom stereocenters. The lowest BCUT2D eigenvalue weighted by Crippen LogP contribution is -2.29. The number of carbonyl (C=O) groups excluding carboxylic acids is 1. The van der Waals surface area contributed by atoms with Crippen molar-refractivity contribution in [2.45, 2.75) is 20.0 Å². The van der Waals surface area contributed by atoms with Crippen molar-refractivity contribution in [2.24, 2.45) is 0 Å². The lowest BCUT2D eigenvalue weighted by molar-refractivity contribution is -0.137. The van der Waals surface area contributed by atoms with Gasteiger partial charge in [-0.05, 0) is 50.2 Å². The summed E-state index contributed by atoms with van der Waals surface area (Å²) < 4.78 is 37.8. The zero-order chi connectivity index (χ0) is 22.4. The van der Waals surface area contributed by atoms with Gasteiger partial charge in [0, 0.05) is 36.1 Å². The van der Waals surface area contributed by atoms with E-state index in [9.17, 15) is 18.0 Å². The fourth-order valence-electron chi connectivity index (χ4n) is 2.76. The van der Waals surface area contributed by atoms with Gasteiger partial charge in [-0.1, -0.05) is 17.7 Å². The molecule has 0 bridgehead atoms. The molecule has 3 rings (SSSR count). The summed E-state index contributed by atoms with van der Waals surface area (Å²) in [5.41, 5.74) is 2.19. The van der Waals surface area contributed by atoms with Crippen LogP contribution in [0.25, 0.3) is 0 Å². The van der Waals surface area contributed by atoms with E-state index in [-0.39, 0.29) is 12.1 Å². The number of hydrogen-bond donors (Lipinski definition) is 3. The molecule has 1 heterocycles. The second-order valence-corrected chi connectivity index (χ2v) is 6.97. The fourth-order valence-corrected chi connectivity index (χ4v) is 2.76. The minimum atomic E-state index is -4.43. The number of anilines is 3. The summed E-state index contributed by atoms with van der Waals surface area (Å²) >= 11 is 0. The SMILES string of the molecule is Cc1ccc(Nc2cc(C)nc(NCCNC(=O)c3ccc(C(F)(F)F)cc3)n2)cc1. The topological polar surface area (TPSA) is 78.9 Å². The van der Waals surface area contributed by atoms with E-state index in [1.54, 1.807) is 0 Å². The Morgan fingerprint density at radius 2 is 1.61 bits per heavy atom. The Labute approximate surface area is 177 Å². The lowest BCUT2D eigenvalue weighted by atomic mass is 10.1. The molecule has 3 aromatic rings. The molecule has 0 aliphatic carbocycles. The lowest BCUT2D eigenvalue weighted by Gasteiger charge is -2.11. The first-order chi connectivity index (χ1) is 14.7. The van der Waals surface area contributed by atoms with Crippen molar-refractivity contribution >= 4 is 23.4 Å². The molecule has 3 N–H and O–H groups in total. The first-order valence-electron chi connectivity index (χ1n) is 9.59. The Kier molecular flexibility index (Phi) is 6.74. The van der Waals surface area contributed by atoms with Gasteiger partial charge in [0.1, 0.15) is 5.82 Å². The van der Waals surface area contributed by atoms with Crippen LogP contribution >= 0.6 is 0 Å². The summed E-state index contributed by atoms with van der Waals surface area (Å²) in [4.78, 5) is 20.8. The van der Waals surface area contributed by atoms with Gasteiger partial charge >= 0.3 is 6.18 Å². The van der Waals surface area contributed by atoms with Gasteiger partial charge in [0.2, 0.25) is 5.95 Å². The molecule has 6 nitrogen and oxygen atoms in total. The molecule has 2 aromatic carbocycles. The Hall–Kier alpha value is -3.62. The molecule has 0 radical (unpaired) electrons. The van der Waals surface area contributed by atoms with Crippen molar-refractivity contribution in [3.63, 3.8) is 0 Å². The van der Waals surface area contributed by atoms with Crippen molar-refractivity contribution in [1.29, 1.82) is 0 Å². The van der Waals surface area contributed by atoms with E-state index in [2.05, 4.69) is 25.9 Å². The Bertz CT molecular complexity index is 1030. The number of nitrogens with one attached hydrogen (secondary N) is 3. The van der Waals surface area contributed by atoms with E-state index in [1.807, 2.05) is 44.2 Å². The maximum atomic E-state index is 12.6. The molecule has 0 saturated heterocycles. The highest BCUT2D eigenvalue weighted by Gasteiger charge is 2.30. The Balaban J connectivity index is 1.51. The number of benzene rings is 2. The van der Waals surface area contributed by atoms with E-state index in [0.717, 1.165) is 41.2 Å². The largest absolute Gasteiger partial charge is 0.416 e. The Morgan fingerprint density at radius 1 is 0.935 bits per heavy atom. The van der Waals surface area contributed by atoms with Crippen LogP contribution in [0.5, 0.6) is 0 Å². The van der Waals surface area contributed by atoms with Crippen LogP contribution in [0.15, 0.2) is 54.6 Å². The van der Waals surface area contributed by atoms with Crippen molar-refractivity contribution in [2.75, 3.05) is 23.7 Å². The molecule has 0 aliphatic heterocycles. The third-order valence-electron chi connectivity index (χ3n) is 4.35. The summed E-state index contributed by atoms with van der Waals surface area (Å²) in [6.45, 7) is 4.45. The van der Waals surface area contributed by atoms with Crippen molar-refractivity contribution < 1.29 is 18.0 Å². The molecule has 0 saturated carbocycles. The van der Waals surface area contributed by atoms with Gasteiger partial charge < -0.3 is 16.0 Å². The molecule has 31 heavy (non-hydrogen) atoms. The smallest absolute Gasteiger partial charge is 0.352 e. The van der Waals surface area contributed by atoms with Crippen LogP contribution in [0.3, 0.4) is 0 Å². The number of aromatic nitrogens is 2. The van der Waals surface area contributed by atoms with E-state index in [4.69, 9.17) is 0 Å². The summed E-state index contributed by atoms with van der Waals surface area (Å²) in [5.74, 6) is 0.577. The summed E-state index contributed by atoms with van der Waals surface area (Å²) in [6.07, 6.45) is -4.43. The number of amides is 1. The van der Waals surface area contributed by atoms with Crippen LogP contribution in [-0.2, 0) is 6.18 Å². The second kappa shape index (κ2) is 9.46. The first kappa shape index (κ1) is 22.1. The number of hydrogen-bond acceptors (Lipinski definition) is 5. The standard InChI is InChI=1S/C22H22F3N5O/c1-14-3-9-18(10-4-14)29-19-13-15(2)28-21(30-19)27-12-11-26-20(31)16-5-7-17(8-6-16)22(23,24)25/h3-10,13H,11-12H2,1-2H3,(H,26,31)(H2,27,28,29,30). The number of halogens is 3. The normalized spacial score (nSPS) is 11.1. The molecular formula is C22H22F3N5O. The van der Waals surface area contributed by atoms with Crippen LogP contribution in [-0.4, -0.2) is 29.0 Å². The summed E-state index contributed by atoms with van der Waals surface area (Å²) in [6, 6.07) is 13.8. The van der Waals surface area contributed by atoms with Gasteiger partial charge in [0.05, 0.1) is 5.56 Å². The van der Waals surface area contributed by atoms with Crippen LogP contribution in [0.1, 0.15) is 27.2 Å². The van der Waals surface area contributed by atoms with Crippen LogP contribution in [0.4, 0.5) is 30.6 Å². The first-order valence-corrected chi connectivity index (χ1v) is 9.59. The molecule has 1 amide bonds. The Morgan fingerprint density at radius 3 is 2.26 bits per heavy atom. The molecule has 1 aromatic heterocycles. The zero-order valence-corrected chi connectivity index (χ0v) is 17.0. The quantitative estimate of drug-likeness (QED) is 0.475. The number of aryl methyl sites for hydroxylation is 2. The molecule has 162 valence electrons. The molecule has 0 spiro atoms. The average molecular weight is 429 g/mol. The third kappa shape index (κ3) is 6.43. The van der Waals surface area contributed by atoms with Crippen molar-refractivity contribution in [3.8, 4) is 0 Å². The molecule has 0 atom stereocenters. The van der Waals surface area contributed by atoms with E-state index in [0.29, 0.717) is 18.3 Å². The zero-order valence-electron chi connectivity index (χ0n) is 17.0. The molecule has 0 aliphatic rings. The predicted molar refractivity (Wildman–Crippen MR) is 113 cm³/mol. The van der Waals surface area contributed by atoms with Crippen molar-refractivity contribution in [1.82, 2.24) is 15.3 Å². The number of alkyl halides is 3. The third-order valence-corrected chi connectivity index (χ3v) is 4.35. The number of carbonyl (C=O) groups is 1. The highest BCUT2D eigenvalue weighted by Crippen LogP contribution is 2.29. The molecular weight excluding hydrogens is 407 g/mol. The summed E-state index contributed by atoms with van der Waals surface area (Å²) in [5, 5.41) is 8.90. The van der Waals surface area contributed by atoms with Crippen LogP contribution in [0, 0.1) is 13.8 Å². The minimum Gasteiger partial charge on any atom is -0.352 e. The highest BCUT2D eigenvalue weighted by molar-refractivity contribution is 5.94. The number of rotatable bonds is 7. The minimum absolute atomic E-state index is 0.157. The van der Waals surface area contributed by atoms with Gasteiger partial charge in [-0.2, -0.15) is 18.2 Å². The van der Waals surface area contributed by atoms with Gasteiger partial charge in [0.15, 0.2) is 0 Å². The van der Waals surface area contributed by atoms with Gasteiger partial charge in [-0.25, -0.2) is 4.98 Å². The van der Waals surface area contributed by atoms with Gasteiger partial charge in [0.25, 0.3) is 5.91 Å². The predicted octanol–water partition coefficient (Wildman–Crippen LogP) is 4.70. The maximum Gasteiger partial charge on any atom is 0.416 e.